The smallest absolute Gasteiger partial charge is 0.320 e. The summed E-state index contributed by atoms with van der Waals surface area (Å²) in [7, 11) is -4.02. The molecule has 1 aromatic carbocycles. The molecular formula is C8H7BrFNO4S. The van der Waals surface area contributed by atoms with Crippen molar-refractivity contribution in [3.63, 3.8) is 0 Å². The average molecular weight is 312 g/mol. The van der Waals surface area contributed by atoms with Gasteiger partial charge in [0.05, 0.1) is 5.69 Å². The Morgan fingerprint density at radius 3 is 2.69 bits per heavy atom. The third-order valence-corrected chi connectivity index (χ3v) is 3.36. The zero-order valence-corrected chi connectivity index (χ0v) is 10.2. The number of hydrogen-bond donors (Lipinski definition) is 2. The molecule has 0 aliphatic heterocycles. The van der Waals surface area contributed by atoms with Gasteiger partial charge in [0.25, 0.3) is 0 Å². The van der Waals surface area contributed by atoms with E-state index in [-0.39, 0.29) is 5.69 Å². The number of benzene rings is 1. The van der Waals surface area contributed by atoms with Crippen LogP contribution in [-0.2, 0) is 14.8 Å². The van der Waals surface area contributed by atoms with Crippen molar-refractivity contribution in [2.24, 2.45) is 0 Å². The van der Waals surface area contributed by atoms with E-state index in [0.29, 0.717) is 4.47 Å². The minimum Gasteiger partial charge on any atom is -0.480 e. The SMILES string of the molecule is O=C(O)CS(=O)(=O)Nc1cc(F)ccc1Br. The van der Waals surface area contributed by atoms with Gasteiger partial charge in [-0.15, -0.1) is 0 Å². The lowest BCUT2D eigenvalue weighted by atomic mass is 10.3. The molecule has 1 aromatic rings. The van der Waals surface area contributed by atoms with Crippen LogP contribution in [0.1, 0.15) is 0 Å². The maximum Gasteiger partial charge on any atom is 0.320 e. The third kappa shape index (κ3) is 3.78. The van der Waals surface area contributed by atoms with E-state index in [1.807, 2.05) is 4.72 Å². The van der Waals surface area contributed by atoms with E-state index in [0.717, 1.165) is 12.1 Å². The van der Waals surface area contributed by atoms with Gasteiger partial charge in [0, 0.05) is 4.47 Å². The number of sulfonamides is 1. The summed E-state index contributed by atoms with van der Waals surface area (Å²) in [4.78, 5) is 10.3. The Bertz CT molecular complexity index is 517. The van der Waals surface area contributed by atoms with E-state index in [4.69, 9.17) is 5.11 Å². The highest BCUT2D eigenvalue weighted by molar-refractivity contribution is 9.10. The Morgan fingerprint density at radius 2 is 2.12 bits per heavy atom. The minimum atomic E-state index is -4.02. The van der Waals surface area contributed by atoms with Gasteiger partial charge in [-0.3, -0.25) is 9.52 Å². The van der Waals surface area contributed by atoms with Crippen molar-refractivity contribution in [2.75, 3.05) is 10.5 Å². The van der Waals surface area contributed by atoms with Crippen LogP contribution in [-0.4, -0.2) is 25.2 Å². The van der Waals surface area contributed by atoms with Crippen molar-refractivity contribution in [2.45, 2.75) is 0 Å². The van der Waals surface area contributed by atoms with E-state index in [1.165, 1.54) is 6.07 Å². The minimum absolute atomic E-state index is 0.0405. The number of hydrogen-bond acceptors (Lipinski definition) is 3. The second-order valence-electron chi connectivity index (χ2n) is 2.88. The second-order valence-corrected chi connectivity index (χ2v) is 5.46. The predicted molar refractivity (Wildman–Crippen MR) is 59.1 cm³/mol. The van der Waals surface area contributed by atoms with Gasteiger partial charge in [0.15, 0.2) is 5.75 Å². The summed E-state index contributed by atoms with van der Waals surface area (Å²) in [5.74, 6) is -3.19. The number of carboxylic acids is 1. The largest absolute Gasteiger partial charge is 0.480 e. The number of carbonyl (C=O) groups is 1. The number of halogens is 2. The molecule has 0 aliphatic rings. The molecule has 0 amide bonds. The molecule has 88 valence electrons. The van der Waals surface area contributed by atoms with Crippen molar-refractivity contribution < 1.29 is 22.7 Å². The van der Waals surface area contributed by atoms with E-state index in [2.05, 4.69) is 15.9 Å². The van der Waals surface area contributed by atoms with Gasteiger partial charge in [0.1, 0.15) is 5.82 Å². The van der Waals surface area contributed by atoms with Crippen molar-refractivity contribution >= 4 is 37.6 Å². The lowest BCUT2D eigenvalue weighted by molar-refractivity contribution is -0.134. The highest BCUT2D eigenvalue weighted by atomic mass is 79.9. The maximum absolute atomic E-state index is 12.8. The Balaban J connectivity index is 2.96. The van der Waals surface area contributed by atoms with Crippen LogP contribution in [0.15, 0.2) is 22.7 Å². The molecule has 0 saturated heterocycles. The highest BCUT2D eigenvalue weighted by Crippen LogP contribution is 2.23. The maximum atomic E-state index is 12.8. The molecule has 0 unspecified atom stereocenters. The number of aliphatic carboxylic acids is 1. The van der Waals surface area contributed by atoms with Gasteiger partial charge in [-0.25, -0.2) is 12.8 Å². The van der Waals surface area contributed by atoms with E-state index in [9.17, 15) is 17.6 Å². The fourth-order valence-electron chi connectivity index (χ4n) is 0.942. The Kier molecular flexibility index (Phi) is 3.87. The number of rotatable bonds is 4. The molecule has 0 fully saturated rings. The van der Waals surface area contributed by atoms with Crippen LogP contribution in [0.5, 0.6) is 0 Å². The number of anilines is 1. The first-order chi connectivity index (χ1) is 7.30. The molecule has 0 aliphatic carbocycles. The molecule has 0 radical (unpaired) electrons. The average Bonchev–Trinajstić information content (AvgIpc) is 2.08. The van der Waals surface area contributed by atoms with Crippen LogP contribution in [0.4, 0.5) is 10.1 Å². The van der Waals surface area contributed by atoms with Crippen molar-refractivity contribution in [3.8, 4) is 0 Å². The lowest BCUT2D eigenvalue weighted by Gasteiger charge is -2.07. The Labute approximate surface area is 99.5 Å². The van der Waals surface area contributed by atoms with Crippen molar-refractivity contribution in [1.29, 1.82) is 0 Å². The topological polar surface area (TPSA) is 83.5 Å². The Hall–Kier alpha value is -1.15. The van der Waals surface area contributed by atoms with Crippen LogP contribution in [0, 0.1) is 5.82 Å². The first-order valence-electron chi connectivity index (χ1n) is 3.97. The fourth-order valence-corrected chi connectivity index (χ4v) is 2.32. The van der Waals surface area contributed by atoms with E-state index in [1.54, 1.807) is 0 Å². The number of carboxylic acid groups (broad SMARTS) is 1. The molecule has 2 N–H and O–H groups in total. The van der Waals surface area contributed by atoms with E-state index < -0.39 is 27.6 Å². The number of nitrogens with one attached hydrogen (secondary N) is 1. The molecule has 0 heterocycles. The quantitative estimate of drug-likeness (QED) is 0.880. The second kappa shape index (κ2) is 4.79. The lowest BCUT2D eigenvalue weighted by Crippen LogP contribution is -2.22. The van der Waals surface area contributed by atoms with Crippen LogP contribution >= 0.6 is 15.9 Å². The summed E-state index contributed by atoms with van der Waals surface area (Å²) >= 11 is 3.01. The zero-order valence-electron chi connectivity index (χ0n) is 7.78. The molecule has 0 saturated carbocycles. The fraction of sp³-hybridized carbons (Fsp3) is 0.125. The molecule has 16 heavy (non-hydrogen) atoms. The summed E-state index contributed by atoms with van der Waals surface area (Å²) in [6.45, 7) is 0. The van der Waals surface area contributed by atoms with Crippen molar-refractivity contribution in [3.05, 3.63) is 28.5 Å². The molecular weight excluding hydrogens is 305 g/mol. The van der Waals surface area contributed by atoms with Crippen LogP contribution in [0.2, 0.25) is 0 Å². The Morgan fingerprint density at radius 1 is 1.50 bits per heavy atom. The first-order valence-corrected chi connectivity index (χ1v) is 6.42. The molecule has 0 bridgehead atoms. The monoisotopic (exact) mass is 311 g/mol. The summed E-state index contributed by atoms with van der Waals surface area (Å²) in [5.41, 5.74) is -0.0405. The first kappa shape index (κ1) is 12.9. The van der Waals surface area contributed by atoms with Gasteiger partial charge in [-0.2, -0.15) is 0 Å². The molecule has 0 atom stereocenters. The van der Waals surface area contributed by atoms with Crippen molar-refractivity contribution in [1.82, 2.24) is 0 Å². The summed E-state index contributed by atoms with van der Waals surface area (Å²) in [6, 6.07) is 3.40. The van der Waals surface area contributed by atoms with Crippen LogP contribution in [0.25, 0.3) is 0 Å². The molecule has 0 spiro atoms. The van der Waals surface area contributed by atoms with Gasteiger partial charge in [-0.05, 0) is 34.1 Å². The van der Waals surface area contributed by atoms with Crippen LogP contribution < -0.4 is 4.72 Å². The third-order valence-electron chi connectivity index (χ3n) is 1.51. The molecule has 0 aromatic heterocycles. The van der Waals surface area contributed by atoms with Gasteiger partial charge >= 0.3 is 5.97 Å². The summed E-state index contributed by atoms with van der Waals surface area (Å²) < 4.78 is 37.6. The van der Waals surface area contributed by atoms with Gasteiger partial charge in [-0.1, -0.05) is 0 Å². The van der Waals surface area contributed by atoms with E-state index >= 15 is 0 Å². The summed E-state index contributed by atoms with van der Waals surface area (Å²) in [6.07, 6.45) is 0. The normalized spacial score (nSPS) is 11.1. The molecule has 8 heteroatoms. The van der Waals surface area contributed by atoms with Gasteiger partial charge in [0.2, 0.25) is 10.0 Å². The predicted octanol–water partition coefficient (Wildman–Crippen LogP) is 1.41. The van der Waals surface area contributed by atoms with Gasteiger partial charge < -0.3 is 5.11 Å². The summed E-state index contributed by atoms with van der Waals surface area (Å²) in [5, 5.41) is 8.35. The van der Waals surface area contributed by atoms with Crippen LogP contribution in [0.3, 0.4) is 0 Å². The highest BCUT2D eigenvalue weighted by Gasteiger charge is 2.17. The molecule has 5 nitrogen and oxygen atoms in total. The zero-order chi connectivity index (χ0) is 12.3. The standard InChI is InChI=1S/C8H7BrFNO4S/c9-6-2-1-5(10)3-7(6)11-16(14,15)4-8(12)13/h1-3,11H,4H2,(H,12,13). The molecule has 1 rings (SSSR count).